The molecule has 96 valence electrons. The molecular formula is C12H10I2O4. The Bertz CT molecular complexity index is 510. The van der Waals surface area contributed by atoms with Crippen LogP contribution in [0.2, 0.25) is 0 Å². The molecule has 0 unspecified atom stereocenters. The zero-order valence-corrected chi connectivity index (χ0v) is 14.0. The van der Waals surface area contributed by atoms with Gasteiger partial charge in [0.1, 0.15) is 0 Å². The van der Waals surface area contributed by atoms with Gasteiger partial charge in [0, 0.05) is 21.0 Å². The van der Waals surface area contributed by atoms with Crippen LogP contribution in [0.3, 0.4) is 0 Å². The van der Waals surface area contributed by atoms with Gasteiger partial charge >= 0.3 is 11.9 Å². The zero-order valence-electron chi connectivity index (χ0n) is 9.70. The lowest BCUT2D eigenvalue weighted by Crippen LogP contribution is -2.46. The predicted octanol–water partition coefficient (Wildman–Crippen LogP) is 2.44. The Hall–Kier alpha value is -0.510. The summed E-state index contributed by atoms with van der Waals surface area (Å²) in [5, 5.41) is 0. The number of benzene rings is 1. The first kappa shape index (κ1) is 13.9. The van der Waals surface area contributed by atoms with Gasteiger partial charge < -0.3 is 9.47 Å². The average Bonchev–Trinajstić information content (AvgIpc) is 2.24. The first-order chi connectivity index (χ1) is 8.37. The molecule has 0 atom stereocenters. The van der Waals surface area contributed by atoms with Gasteiger partial charge in [-0.3, -0.25) is 0 Å². The molecule has 0 amide bonds. The third-order valence-corrected chi connectivity index (χ3v) is 5.52. The molecule has 1 aliphatic heterocycles. The number of hydrogen-bond donors (Lipinski definition) is 0. The van der Waals surface area contributed by atoms with E-state index in [2.05, 4.69) is 22.6 Å². The van der Waals surface area contributed by atoms with Gasteiger partial charge in [0.05, 0.1) is 0 Å². The third kappa shape index (κ3) is 3.28. The second kappa shape index (κ2) is 5.24. The number of carbonyl (C=O) groups excluding carboxylic acids is 2. The van der Waals surface area contributed by atoms with E-state index in [-0.39, 0.29) is 3.51 Å². The summed E-state index contributed by atoms with van der Waals surface area (Å²) < 4.78 is 12.4. The summed E-state index contributed by atoms with van der Waals surface area (Å²) in [6.45, 7) is 3.09. The maximum Gasteiger partial charge on any atom is 0.354 e. The topological polar surface area (TPSA) is 52.6 Å². The quantitative estimate of drug-likeness (QED) is 0.466. The average molecular weight is 472 g/mol. The second-order valence-electron chi connectivity index (χ2n) is 4.02. The number of halogens is 2. The van der Waals surface area contributed by atoms with Gasteiger partial charge in [0.15, 0.2) is 3.51 Å². The molecule has 1 aliphatic rings. The molecule has 2 rings (SSSR count). The molecule has 1 saturated heterocycles. The Balaban J connectivity index is 2.30. The highest BCUT2D eigenvalue weighted by Gasteiger charge is 2.39. The summed E-state index contributed by atoms with van der Waals surface area (Å²) in [5.74, 6) is -2.27. The molecule has 18 heavy (non-hydrogen) atoms. The van der Waals surface area contributed by atoms with Crippen molar-refractivity contribution in [3.05, 3.63) is 31.4 Å². The molecule has 0 aromatic heterocycles. The van der Waals surface area contributed by atoms with Crippen LogP contribution in [-0.2, 0) is 19.1 Å². The first-order valence-corrected chi connectivity index (χ1v) is 8.35. The molecular weight excluding hydrogens is 462 g/mol. The Kier molecular flexibility index (Phi) is 4.05. The van der Waals surface area contributed by atoms with Crippen LogP contribution < -0.4 is 0 Å². The van der Waals surface area contributed by atoms with Crippen LogP contribution in [0.25, 0.3) is 0 Å². The summed E-state index contributed by atoms with van der Waals surface area (Å²) in [6.07, 6.45) is 0. The van der Waals surface area contributed by atoms with Crippen molar-refractivity contribution < 1.29 is 19.1 Å². The van der Waals surface area contributed by atoms with Crippen molar-refractivity contribution in [2.45, 2.75) is 19.6 Å². The van der Waals surface area contributed by atoms with E-state index < -0.39 is 38.5 Å². The third-order valence-electron chi connectivity index (χ3n) is 2.04. The molecule has 6 heteroatoms. The molecule has 0 saturated carbocycles. The van der Waals surface area contributed by atoms with Crippen LogP contribution in [0.15, 0.2) is 24.3 Å². The maximum absolute atomic E-state index is 11.8. The molecule has 1 fully saturated rings. The minimum atomic E-state index is -1.16. The molecule has 1 aromatic rings. The van der Waals surface area contributed by atoms with Crippen LogP contribution in [0.4, 0.5) is 0 Å². The fraction of sp³-hybridized carbons (Fsp3) is 0.250. The van der Waals surface area contributed by atoms with Crippen molar-refractivity contribution in [3.63, 3.8) is 0 Å². The van der Waals surface area contributed by atoms with Gasteiger partial charge in [-0.2, -0.15) is 0 Å². The predicted molar refractivity (Wildman–Crippen MR) is 83.1 cm³/mol. The lowest BCUT2D eigenvalue weighted by Gasteiger charge is -2.29. The number of cyclic esters (lactones) is 2. The zero-order chi connectivity index (χ0) is 13.3. The number of hydrogen-bond acceptors (Lipinski definition) is 4. The number of ether oxygens (including phenoxy) is 2. The summed E-state index contributed by atoms with van der Waals surface area (Å²) in [7, 11) is 0. The summed E-state index contributed by atoms with van der Waals surface area (Å²) in [4.78, 5) is 23.5. The Morgan fingerprint density at radius 2 is 1.56 bits per heavy atom. The van der Waals surface area contributed by atoms with E-state index in [1.165, 1.54) is 0 Å². The Morgan fingerprint density at radius 3 is 2.06 bits per heavy atom. The normalized spacial score (nSPS) is 18.3. The van der Waals surface area contributed by atoms with Crippen molar-refractivity contribution in [2.75, 3.05) is 0 Å². The molecule has 4 nitrogen and oxygen atoms in total. The molecule has 1 aromatic carbocycles. The van der Waals surface area contributed by atoms with Crippen molar-refractivity contribution in [2.24, 2.45) is 0 Å². The minimum Gasteiger partial charge on any atom is -0.419 e. The van der Waals surface area contributed by atoms with E-state index in [1.807, 2.05) is 24.3 Å². The summed E-state index contributed by atoms with van der Waals surface area (Å²) in [6, 6.07) is 7.73. The standard InChI is InChI=1S/C12H10I2O4/c1-12(2)17-10(15)9(11(16)18-12)14-8-5-3-7(13)4-6-8/h3-6H,1-2H3. The van der Waals surface area contributed by atoms with Gasteiger partial charge in [-0.15, -0.1) is 0 Å². The molecule has 0 N–H and O–H groups in total. The van der Waals surface area contributed by atoms with E-state index in [1.54, 1.807) is 13.8 Å². The van der Waals surface area contributed by atoms with Gasteiger partial charge in [-0.05, 0) is 46.9 Å². The Labute approximate surface area is 128 Å². The summed E-state index contributed by atoms with van der Waals surface area (Å²) >= 11 is 1.34. The molecule has 1 heterocycles. The monoisotopic (exact) mass is 472 g/mol. The number of carbonyl (C=O) groups is 2. The number of rotatable bonds is 1. The molecule has 0 aliphatic carbocycles. The fourth-order valence-corrected chi connectivity index (χ4v) is 3.68. The van der Waals surface area contributed by atoms with Crippen molar-refractivity contribution in [1.82, 2.24) is 0 Å². The summed E-state index contributed by atoms with van der Waals surface area (Å²) in [5.41, 5.74) is 0. The van der Waals surface area contributed by atoms with Crippen LogP contribution in [0.1, 0.15) is 13.8 Å². The van der Waals surface area contributed by atoms with Crippen LogP contribution >= 0.6 is 43.3 Å². The van der Waals surface area contributed by atoms with Crippen molar-refractivity contribution >= 4 is 58.8 Å². The fourth-order valence-electron chi connectivity index (χ4n) is 1.32. The van der Waals surface area contributed by atoms with E-state index >= 15 is 0 Å². The lowest BCUT2D eigenvalue weighted by molar-refractivity contribution is -0.214. The lowest BCUT2D eigenvalue weighted by atomic mass is 10.3. The number of esters is 2. The highest BCUT2D eigenvalue weighted by molar-refractivity contribution is 14.2. The Morgan fingerprint density at radius 1 is 1.06 bits per heavy atom. The van der Waals surface area contributed by atoms with E-state index in [4.69, 9.17) is 9.47 Å². The smallest absolute Gasteiger partial charge is 0.354 e. The van der Waals surface area contributed by atoms with E-state index in [0.29, 0.717) is 0 Å². The van der Waals surface area contributed by atoms with Crippen LogP contribution in [0, 0.1) is 7.14 Å². The molecule has 0 spiro atoms. The van der Waals surface area contributed by atoms with Gasteiger partial charge in [0.2, 0.25) is 0 Å². The van der Waals surface area contributed by atoms with E-state index in [0.717, 1.165) is 7.14 Å². The van der Waals surface area contributed by atoms with E-state index in [9.17, 15) is 9.59 Å². The highest BCUT2D eigenvalue weighted by atomic mass is 127. The van der Waals surface area contributed by atoms with Gasteiger partial charge in [-0.25, -0.2) is 9.59 Å². The largest absolute Gasteiger partial charge is 0.419 e. The highest BCUT2D eigenvalue weighted by Crippen LogP contribution is 2.23. The van der Waals surface area contributed by atoms with Gasteiger partial charge in [-0.1, -0.05) is 20.7 Å². The molecule has 0 bridgehead atoms. The maximum atomic E-state index is 11.8. The minimum absolute atomic E-state index is 0.148. The SMILES string of the molecule is CC1(C)OC(=O)C(=Ic2ccc(I)cc2)C(=O)O1. The van der Waals surface area contributed by atoms with Crippen LogP contribution in [-0.4, -0.2) is 21.2 Å². The van der Waals surface area contributed by atoms with Crippen molar-refractivity contribution in [3.8, 4) is 0 Å². The van der Waals surface area contributed by atoms with Crippen LogP contribution in [0.5, 0.6) is 0 Å². The second-order valence-corrected chi connectivity index (χ2v) is 8.13. The van der Waals surface area contributed by atoms with Crippen molar-refractivity contribution in [1.29, 1.82) is 0 Å². The first-order valence-electron chi connectivity index (χ1n) is 5.11. The van der Waals surface area contributed by atoms with Gasteiger partial charge in [0.25, 0.3) is 5.79 Å². The molecule has 0 radical (unpaired) electrons.